The molecule has 1 amide bonds. The van der Waals surface area contributed by atoms with Gasteiger partial charge in [-0.3, -0.25) is 4.79 Å². The normalized spacial score (nSPS) is 13.1. The van der Waals surface area contributed by atoms with E-state index in [9.17, 15) is 23.5 Å². The number of carbonyl (C=O) groups excluding carboxylic acids is 1. The molecule has 0 fully saturated rings. The van der Waals surface area contributed by atoms with Crippen molar-refractivity contribution in [3.63, 3.8) is 0 Å². The predicted octanol–water partition coefficient (Wildman–Crippen LogP) is 3.76. The molecule has 0 radical (unpaired) electrons. The highest BCUT2D eigenvalue weighted by molar-refractivity contribution is 7.16. The van der Waals surface area contributed by atoms with Gasteiger partial charge in [-0.05, 0) is 36.8 Å². The number of rotatable bonds is 4. The van der Waals surface area contributed by atoms with Crippen LogP contribution in [-0.4, -0.2) is 21.6 Å². The minimum Gasteiger partial charge on any atom is -0.480 e. The van der Waals surface area contributed by atoms with Crippen molar-refractivity contribution >= 4 is 33.4 Å². The van der Waals surface area contributed by atoms with Crippen LogP contribution in [0.4, 0.5) is 8.78 Å². The molecule has 1 atom stereocenters. The fourth-order valence-electron chi connectivity index (χ4n) is 2.65. The average molecular weight is 376 g/mol. The Morgan fingerprint density at radius 3 is 2.62 bits per heavy atom. The number of benzene rings is 2. The molecule has 3 aromatic rings. The second-order valence-electron chi connectivity index (χ2n) is 5.53. The quantitative estimate of drug-likeness (QED) is 0.754. The molecule has 0 aliphatic rings. The third-order valence-corrected chi connectivity index (χ3v) is 4.94. The van der Waals surface area contributed by atoms with Crippen molar-refractivity contribution in [2.75, 3.05) is 0 Å². The van der Waals surface area contributed by atoms with Crippen LogP contribution in [0.2, 0.25) is 0 Å². The molecule has 1 aromatic heterocycles. The lowest BCUT2D eigenvalue weighted by Crippen LogP contribution is -2.27. The zero-order valence-electron chi connectivity index (χ0n) is 13.6. The zero-order valence-corrected chi connectivity index (χ0v) is 14.5. The molecule has 0 saturated carbocycles. The Morgan fingerprint density at radius 1 is 1.23 bits per heavy atom. The van der Waals surface area contributed by atoms with Gasteiger partial charge in [0.2, 0.25) is 0 Å². The number of nitrogens with zero attached hydrogens (tertiary/aromatic N) is 2. The number of carboxylic acids is 1. The van der Waals surface area contributed by atoms with Crippen molar-refractivity contribution in [2.45, 2.75) is 19.4 Å². The van der Waals surface area contributed by atoms with Gasteiger partial charge < -0.3 is 9.67 Å². The van der Waals surface area contributed by atoms with E-state index in [-0.39, 0.29) is 21.5 Å². The van der Waals surface area contributed by atoms with Gasteiger partial charge in [0.1, 0.15) is 17.7 Å². The first-order chi connectivity index (χ1) is 12.4. The van der Waals surface area contributed by atoms with E-state index in [2.05, 4.69) is 4.99 Å². The maximum absolute atomic E-state index is 14.1. The van der Waals surface area contributed by atoms with Crippen molar-refractivity contribution in [1.82, 2.24) is 4.57 Å². The van der Waals surface area contributed by atoms with Crippen LogP contribution < -0.4 is 4.80 Å². The van der Waals surface area contributed by atoms with E-state index in [1.165, 1.54) is 34.9 Å². The van der Waals surface area contributed by atoms with Gasteiger partial charge >= 0.3 is 5.97 Å². The van der Waals surface area contributed by atoms with Crippen LogP contribution in [0.25, 0.3) is 10.2 Å². The summed E-state index contributed by atoms with van der Waals surface area (Å²) in [5, 5.41) is 9.50. The first kappa shape index (κ1) is 17.9. The third-order valence-electron chi connectivity index (χ3n) is 3.86. The number of thiazole rings is 1. The van der Waals surface area contributed by atoms with Gasteiger partial charge in [-0.2, -0.15) is 4.99 Å². The molecule has 0 bridgehead atoms. The van der Waals surface area contributed by atoms with E-state index in [1.807, 2.05) is 0 Å². The van der Waals surface area contributed by atoms with Crippen LogP contribution in [0.3, 0.4) is 0 Å². The van der Waals surface area contributed by atoms with E-state index in [1.54, 1.807) is 13.0 Å². The van der Waals surface area contributed by atoms with Crippen LogP contribution in [0.5, 0.6) is 0 Å². The van der Waals surface area contributed by atoms with Crippen LogP contribution in [0, 0.1) is 11.6 Å². The maximum Gasteiger partial charge on any atom is 0.326 e. The Morgan fingerprint density at radius 2 is 1.96 bits per heavy atom. The molecule has 0 aliphatic heterocycles. The molecule has 134 valence electrons. The number of aromatic nitrogens is 1. The fraction of sp³-hybridized carbons (Fsp3) is 0.167. The zero-order chi connectivity index (χ0) is 18.8. The monoisotopic (exact) mass is 376 g/mol. The van der Waals surface area contributed by atoms with Gasteiger partial charge in [0.15, 0.2) is 4.80 Å². The minimum atomic E-state index is -1.11. The summed E-state index contributed by atoms with van der Waals surface area (Å²) in [4.78, 5) is 28.0. The Kier molecular flexibility index (Phi) is 4.94. The molecule has 2 aromatic carbocycles. The second kappa shape index (κ2) is 7.17. The van der Waals surface area contributed by atoms with Crippen molar-refractivity contribution in [1.29, 1.82) is 0 Å². The van der Waals surface area contributed by atoms with E-state index < -0.39 is 29.6 Å². The maximum atomic E-state index is 14.1. The van der Waals surface area contributed by atoms with Gasteiger partial charge in [0.25, 0.3) is 5.91 Å². The Bertz CT molecular complexity index is 1070. The topological polar surface area (TPSA) is 71.7 Å². The SMILES string of the molecule is CCC(C(=O)O)n1/c(=N/C(=O)c2cccc(F)c2)sc2c(F)cccc21. The molecule has 5 nitrogen and oxygen atoms in total. The van der Waals surface area contributed by atoms with Crippen molar-refractivity contribution < 1.29 is 23.5 Å². The molecule has 26 heavy (non-hydrogen) atoms. The minimum absolute atomic E-state index is 0.0258. The number of aliphatic carboxylic acids is 1. The van der Waals surface area contributed by atoms with E-state index in [0.717, 1.165) is 17.4 Å². The Hall–Kier alpha value is -2.87. The predicted molar refractivity (Wildman–Crippen MR) is 93.0 cm³/mol. The summed E-state index contributed by atoms with van der Waals surface area (Å²) in [6, 6.07) is 8.31. The molecule has 1 unspecified atom stereocenters. The van der Waals surface area contributed by atoms with E-state index in [0.29, 0.717) is 5.52 Å². The first-order valence-corrected chi connectivity index (χ1v) is 8.61. The first-order valence-electron chi connectivity index (χ1n) is 7.79. The lowest BCUT2D eigenvalue weighted by Gasteiger charge is -2.13. The Labute approximate surface area is 150 Å². The largest absolute Gasteiger partial charge is 0.480 e. The molecule has 1 heterocycles. The van der Waals surface area contributed by atoms with Gasteiger partial charge in [-0.15, -0.1) is 0 Å². The number of halogens is 2. The second-order valence-corrected chi connectivity index (χ2v) is 6.51. The molecule has 8 heteroatoms. The number of fused-ring (bicyclic) bond motifs is 1. The third kappa shape index (κ3) is 3.28. The summed E-state index contributed by atoms with van der Waals surface area (Å²) in [5.41, 5.74) is 0.368. The summed E-state index contributed by atoms with van der Waals surface area (Å²) >= 11 is 0.882. The molecule has 3 rings (SSSR count). The lowest BCUT2D eigenvalue weighted by atomic mass is 10.2. The highest BCUT2D eigenvalue weighted by atomic mass is 32.1. The molecule has 0 aliphatic carbocycles. The standard InChI is InChI=1S/C18H14F2N2O3S/c1-2-13(17(24)25)22-14-8-4-7-12(20)15(14)26-18(22)21-16(23)10-5-3-6-11(19)9-10/h3-9,13H,2H2,1H3,(H,24,25)/b21-18-. The summed E-state index contributed by atoms with van der Waals surface area (Å²) in [6.45, 7) is 1.67. The number of hydrogen-bond donors (Lipinski definition) is 1. The summed E-state index contributed by atoms with van der Waals surface area (Å²) < 4.78 is 29.0. The van der Waals surface area contributed by atoms with Crippen LogP contribution in [-0.2, 0) is 4.79 Å². The summed E-state index contributed by atoms with van der Waals surface area (Å²) in [6.07, 6.45) is 0.221. The molecule has 0 spiro atoms. The lowest BCUT2D eigenvalue weighted by molar-refractivity contribution is -0.140. The van der Waals surface area contributed by atoms with E-state index >= 15 is 0 Å². The molecular weight excluding hydrogens is 362 g/mol. The van der Waals surface area contributed by atoms with Crippen molar-refractivity contribution in [3.8, 4) is 0 Å². The summed E-state index contributed by atoms with van der Waals surface area (Å²) in [5.74, 6) is -2.96. The Balaban J connectivity index is 2.26. The fourth-order valence-corrected chi connectivity index (χ4v) is 3.72. The molecular formula is C18H14F2N2O3S. The average Bonchev–Trinajstić information content (AvgIpc) is 2.95. The number of amides is 1. The van der Waals surface area contributed by atoms with Gasteiger partial charge in [-0.1, -0.05) is 30.4 Å². The van der Waals surface area contributed by atoms with Crippen molar-refractivity contribution in [2.24, 2.45) is 4.99 Å². The number of carboxylic acid groups (broad SMARTS) is 1. The van der Waals surface area contributed by atoms with Crippen LogP contribution in [0.15, 0.2) is 47.5 Å². The molecule has 0 saturated heterocycles. The van der Waals surface area contributed by atoms with Crippen LogP contribution >= 0.6 is 11.3 Å². The summed E-state index contributed by atoms with van der Waals surface area (Å²) in [7, 11) is 0. The number of carbonyl (C=O) groups is 2. The van der Waals surface area contributed by atoms with Gasteiger partial charge in [0, 0.05) is 5.56 Å². The van der Waals surface area contributed by atoms with Crippen molar-refractivity contribution in [3.05, 3.63) is 64.5 Å². The van der Waals surface area contributed by atoms with Gasteiger partial charge in [-0.25, -0.2) is 13.6 Å². The highest BCUT2D eigenvalue weighted by Gasteiger charge is 2.23. The molecule has 1 N–H and O–H groups in total. The van der Waals surface area contributed by atoms with Crippen LogP contribution in [0.1, 0.15) is 29.7 Å². The smallest absolute Gasteiger partial charge is 0.326 e. The van der Waals surface area contributed by atoms with E-state index in [4.69, 9.17) is 0 Å². The van der Waals surface area contributed by atoms with Gasteiger partial charge in [0.05, 0.1) is 10.2 Å². The number of hydrogen-bond acceptors (Lipinski definition) is 3. The highest BCUT2D eigenvalue weighted by Crippen LogP contribution is 2.25.